The van der Waals surface area contributed by atoms with E-state index in [1.54, 1.807) is 23.3 Å². The fourth-order valence-corrected chi connectivity index (χ4v) is 5.50. The first-order chi connectivity index (χ1) is 16.7. The number of piperidine rings is 1. The number of hydrogen-bond acceptors (Lipinski definition) is 4. The number of halogens is 4. The molecule has 10 heteroatoms. The van der Waals surface area contributed by atoms with Crippen LogP contribution in [0.3, 0.4) is 0 Å². The molecule has 0 aliphatic carbocycles. The van der Waals surface area contributed by atoms with Gasteiger partial charge in [0.05, 0.1) is 17.2 Å². The summed E-state index contributed by atoms with van der Waals surface area (Å²) < 4.78 is 61.1. The highest BCUT2D eigenvalue weighted by molar-refractivity contribution is 6.00. The zero-order chi connectivity index (χ0) is 26.6. The lowest BCUT2D eigenvalue weighted by molar-refractivity contribution is -0.0885. The van der Waals surface area contributed by atoms with Crippen molar-refractivity contribution in [1.82, 2.24) is 14.4 Å². The van der Waals surface area contributed by atoms with Gasteiger partial charge in [0.1, 0.15) is 0 Å². The van der Waals surface area contributed by atoms with Crippen molar-refractivity contribution in [3.8, 4) is 5.75 Å². The van der Waals surface area contributed by atoms with E-state index >= 15 is 0 Å². The summed E-state index contributed by atoms with van der Waals surface area (Å²) in [5, 5.41) is 0. The Bertz CT molecular complexity index is 1180. The minimum absolute atomic E-state index is 0.0792. The van der Waals surface area contributed by atoms with Gasteiger partial charge in [-0.05, 0) is 71.8 Å². The Morgan fingerprint density at radius 3 is 2.25 bits per heavy atom. The molecule has 1 aromatic carbocycles. The van der Waals surface area contributed by atoms with E-state index in [4.69, 9.17) is 4.74 Å². The lowest BCUT2D eigenvalue weighted by Gasteiger charge is -2.54. The molecular weight excluding hydrogens is 478 g/mol. The van der Waals surface area contributed by atoms with Crippen LogP contribution in [0, 0.1) is 5.82 Å². The highest BCUT2D eigenvalue weighted by atomic mass is 19.4. The van der Waals surface area contributed by atoms with Gasteiger partial charge in [0.15, 0.2) is 11.6 Å². The average molecular weight is 510 g/mol. The number of nitrogens with zero attached hydrogens (tertiary/aromatic N) is 3. The maximum atomic E-state index is 14.5. The predicted molar refractivity (Wildman–Crippen MR) is 126 cm³/mol. The summed E-state index contributed by atoms with van der Waals surface area (Å²) in [5.74, 6) is -2.72. The Balaban J connectivity index is 1.59. The molecule has 1 fully saturated rings. The quantitative estimate of drug-likeness (QED) is 0.432. The van der Waals surface area contributed by atoms with E-state index in [2.05, 4.69) is 4.90 Å². The van der Waals surface area contributed by atoms with Crippen molar-refractivity contribution in [2.45, 2.75) is 63.9 Å². The monoisotopic (exact) mass is 509 g/mol. The third-order valence-corrected chi connectivity index (χ3v) is 7.24. The van der Waals surface area contributed by atoms with Crippen molar-refractivity contribution in [3.63, 3.8) is 0 Å². The number of hydrogen-bond donors (Lipinski definition) is 0. The molecule has 0 radical (unpaired) electrons. The van der Waals surface area contributed by atoms with E-state index in [0.29, 0.717) is 38.2 Å². The van der Waals surface area contributed by atoms with E-state index in [-0.39, 0.29) is 28.9 Å². The number of rotatable bonds is 4. The second-order valence-corrected chi connectivity index (χ2v) is 10.6. The largest absolute Gasteiger partial charge is 0.488 e. The smallest absolute Gasteiger partial charge is 0.454 e. The molecule has 6 nitrogen and oxygen atoms in total. The van der Waals surface area contributed by atoms with Crippen molar-refractivity contribution in [3.05, 3.63) is 53.1 Å². The van der Waals surface area contributed by atoms with Crippen LogP contribution in [0.15, 0.2) is 30.5 Å². The Kier molecular flexibility index (Phi) is 6.47. The van der Waals surface area contributed by atoms with Gasteiger partial charge in [-0.15, -0.1) is 0 Å². The van der Waals surface area contributed by atoms with E-state index in [0.717, 1.165) is 0 Å². The van der Waals surface area contributed by atoms with Crippen molar-refractivity contribution < 1.29 is 31.9 Å². The predicted octanol–water partition coefficient (Wildman–Crippen LogP) is 4.97. The highest BCUT2D eigenvalue weighted by Gasteiger charge is 2.50. The third-order valence-electron chi connectivity index (χ3n) is 7.24. The number of likely N-dealkylation sites (tertiary alicyclic amines) is 1. The lowest BCUT2D eigenvalue weighted by atomic mass is 9.78. The summed E-state index contributed by atoms with van der Waals surface area (Å²) in [7, 11) is 1.92. The van der Waals surface area contributed by atoms with Crippen molar-refractivity contribution in [2.24, 2.45) is 0 Å². The number of carbonyl (C=O) groups is 2. The van der Waals surface area contributed by atoms with Gasteiger partial charge in [0, 0.05) is 42.7 Å². The van der Waals surface area contributed by atoms with Crippen LogP contribution in [-0.4, -0.2) is 65.0 Å². The van der Waals surface area contributed by atoms with Gasteiger partial charge < -0.3 is 14.2 Å². The van der Waals surface area contributed by atoms with Crippen LogP contribution in [-0.2, 0) is 11.1 Å². The molecule has 2 aromatic rings. The summed E-state index contributed by atoms with van der Waals surface area (Å²) >= 11 is 0. The molecule has 2 aliphatic rings. The number of likely N-dealkylation sites (N-methyl/N-ethyl adjacent to an activating group) is 1. The molecule has 1 aromatic heterocycles. The van der Waals surface area contributed by atoms with E-state index < -0.39 is 28.9 Å². The molecule has 0 N–H and O–H groups in total. The number of ether oxygens (including phenoxy) is 1. The van der Waals surface area contributed by atoms with Crippen molar-refractivity contribution in [2.75, 3.05) is 26.7 Å². The Morgan fingerprint density at radius 2 is 1.69 bits per heavy atom. The van der Waals surface area contributed by atoms with Crippen LogP contribution < -0.4 is 4.74 Å². The maximum Gasteiger partial charge on any atom is 0.454 e. The highest BCUT2D eigenvalue weighted by Crippen LogP contribution is 2.46. The molecule has 2 aliphatic heterocycles. The van der Waals surface area contributed by atoms with Gasteiger partial charge in [-0.3, -0.25) is 14.5 Å². The molecule has 0 saturated carbocycles. The third kappa shape index (κ3) is 4.51. The number of Topliss-reactive ketones (excluding diaryl/α,β-unsaturated/α-hetero) is 1. The van der Waals surface area contributed by atoms with Crippen LogP contribution in [0.1, 0.15) is 66.9 Å². The maximum absolute atomic E-state index is 14.5. The summed E-state index contributed by atoms with van der Waals surface area (Å²) in [6.07, 6.45) is -2.93. The molecule has 0 unspecified atom stereocenters. The number of benzene rings is 1. The van der Waals surface area contributed by atoms with Gasteiger partial charge in [0.2, 0.25) is 0 Å². The molecule has 1 spiro atoms. The zero-order valence-corrected chi connectivity index (χ0v) is 21.1. The molecular formula is C26H31F4N3O3. The second-order valence-electron chi connectivity index (χ2n) is 10.6. The number of carbonyl (C=O) groups excluding carboxylic acids is 2. The SMILES string of the molecule is CC(C)Oc1ccc(C(=O)N2CCC3(CC2)c2cc(C(=O)C(F)(F)F)cn2C(C)(C)CN3C)cc1F. The first kappa shape index (κ1) is 26.2. The molecule has 0 bridgehead atoms. The fraction of sp³-hybridized carbons (Fsp3) is 0.538. The molecule has 0 atom stereocenters. The molecule has 4 rings (SSSR count). The van der Waals surface area contributed by atoms with Crippen LogP contribution in [0.2, 0.25) is 0 Å². The standard InChI is InChI=1S/C26H31F4N3O3/c1-16(2)36-20-7-6-17(12-19(20)27)23(35)32-10-8-25(9-11-32)21-13-18(22(34)26(28,29)30)14-33(21)24(3,4)15-31(25)5/h6-7,12-14,16H,8-11,15H2,1-5H3. The van der Waals surface area contributed by atoms with E-state index in [1.165, 1.54) is 30.5 Å². The Hall–Kier alpha value is -2.88. The summed E-state index contributed by atoms with van der Waals surface area (Å²) in [4.78, 5) is 28.9. The Morgan fingerprint density at radius 1 is 1.06 bits per heavy atom. The zero-order valence-electron chi connectivity index (χ0n) is 21.1. The number of ketones is 1. The lowest BCUT2D eigenvalue weighted by Crippen LogP contribution is -2.60. The summed E-state index contributed by atoms with van der Waals surface area (Å²) in [5.41, 5.74) is -0.681. The minimum atomic E-state index is -4.96. The van der Waals surface area contributed by atoms with E-state index in [9.17, 15) is 27.2 Å². The molecule has 196 valence electrons. The van der Waals surface area contributed by atoms with Crippen molar-refractivity contribution >= 4 is 11.7 Å². The van der Waals surface area contributed by atoms with Gasteiger partial charge in [-0.1, -0.05) is 0 Å². The summed E-state index contributed by atoms with van der Waals surface area (Å²) in [6, 6.07) is 5.49. The normalized spacial score (nSPS) is 19.4. The van der Waals surface area contributed by atoms with Crippen LogP contribution in [0.5, 0.6) is 5.75 Å². The van der Waals surface area contributed by atoms with Gasteiger partial charge >= 0.3 is 6.18 Å². The van der Waals surface area contributed by atoms with Gasteiger partial charge in [-0.25, -0.2) is 4.39 Å². The van der Waals surface area contributed by atoms with Crippen LogP contribution in [0.25, 0.3) is 0 Å². The van der Waals surface area contributed by atoms with Crippen LogP contribution in [0.4, 0.5) is 17.6 Å². The minimum Gasteiger partial charge on any atom is -0.488 e. The van der Waals surface area contributed by atoms with E-state index in [1.807, 2.05) is 20.9 Å². The second kappa shape index (κ2) is 8.90. The van der Waals surface area contributed by atoms with Gasteiger partial charge in [0.25, 0.3) is 11.7 Å². The van der Waals surface area contributed by atoms with Crippen molar-refractivity contribution in [1.29, 1.82) is 0 Å². The van der Waals surface area contributed by atoms with Gasteiger partial charge in [-0.2, -0.15) is 13.2 Å². The molecule has 1 saturated heterocycles. The first-order valence-electron chi connectivity index (χ1n) is 12.0. The summed E-state index contributed by atoms with van der Waals surface area (Å²) in [6.45, 7) is 8.63. The number of fused-ring (bicyclic) bond motifs is 2. The molecule has 36 heavy (non-hydrogen) atoms. The molecule has 3 heterocycles. The number of alkyl halides is 3. The molecule has 1 amide bonds. The topological polar surface area (TPSA) is 54.8 Å². The number of aromatic nitrogens is 1. The first-order valence-corrected chi connectivity index (χ1v) is 12.0. The number of amides is 1. The van der Waals surface area contributed by atoms with Crippen LogP contribution >= 0.6 is 0 Å². The Labute approximate surface area is 207 Å². The fourth-order valence-electron chi connectivity index (χ4n) is 5.50. The average Bonchev–Trinajstić information content (AvgIpc) is 3.25.